The Morgan fingerprint density at radius 2 is 1.85 bits per heavy atom. The van der Waals surface area contributed by atoms with Crippen LogP contribution in [0.15, 0.2) is 34.9 Å². The van der Waals surface area contributed by atoms with Gasteiger partial charge in [-0.3, -0.25) is 4.79 Å². The van der Waals surface area contributed by atoms with Crippen molar-refractivity contribution in [3.05, 3.63) is 50.7 Å². The predicted molar refractivity (Wildman–Crippen MR) is 84.8 cm³/mol. The highest BCUT2D eigenvalue weighted by Crippen LogP contribution is 2.37. The molecule has 0 atom stereocenters. The number of anilines is 1. The maximum absolute atomic E-state index is 12.4. The van der Waals surface area contributed by atoms with E-state index in [-0.39, 0.29) is 5.91 Å². The lowest BCUT2D eigenvalue weighted by Crippen LogP contribution is -2.16. The first kappa shape index (κ1) is 14.0. The highest BCUT2D eigenvalue weighted by Gasteiger charge is 2.27. The number of hydrogen-bond acceptors (Lipinski definition) is 1. The molecule has 1 amide bonds. The van der Waals surface area contributed by atoms with Gasteiger partial charge >= 0.3 is 0 Å². The summed E-state index contributed by atoms with van der Waals surface area (Å²) in [6.45, 7) is 0. The van der Waals surface area contributed by atoms with Crippen molar-refractivity contribution in [2.45, 2.75) is 18.9 Å². The molecule has 2 aromatic rings. The van der Waals surface area contributed by atoms with Gasteiger partial charge in [-0.1, -0.05) is 23.2 Å². The van der Waals surface area contributed by atoms with E-state index >= 15 is 0 Å². The summed E-state index contributed by atoms with van der Waals surface area (Å²) in [5, 5.41) is 3.81. The van der Waals surface area contributed by atoms with Gasteiger partial charge in [-0.05, 0) is 53.0 Å². The zero-order valence-corrected chi connectivity index (χ0v) is 13.5. The number of nitrogens with zero attached hydrogens (tertiary/aromatic N) is 1. The average molecular weight is 374 g/mol. The second-order valence-electron chi connectivity index (χ2n) is 4.79. The predicted octanol–water partition coefficient (Wildman–Crippen LogP) is 5.14. The van der Waals surface area contributed by atoms with Crippen molar-refractivity contribution in [2.75, 3.05) is 5.32 Å². The molecular formula is C14H11BrCl2N2O. The zero-order valence-electron chi connectivity index (χ0n) is 10.4. The summed E-state index contributed by atoms with van der Waals surface area (Å²) in [7, 11) is 0. The first-order valence-electron chi connectivity index (χ1n) is 6.18. The molecule has 0 unspecified atom stereocenters. The van der Waals surface area contributed by atoms with Crippen molar-refractivity contribution in [3.63, 3.8) is 0 Å². The SMILES string of the molecule is O=C(Nc1cc(Cl)cc(Cl)c1)c1cc(Br)cn1C1CC1. The Bertz CT molecular complexity index is 660. The fourth-order valence-electron chi connectivity index (χ4n) is 2.10. The van der Waals surface area contributed by atoms with E-state index in [0.29, 0.717) is 27.5 Å². The van der Waals surface area contributed by atoms with Crippen LogP contribution in [0.3, 0.4) is 0 Å². The van der Waals surface area contributed by atoms with E-state index < -0.39 is 0 Å². The molecule has 1 N–H and O–H groups in total. The Balaban J connectivity index is 1.85. The second kappa shape index (κ2) is 5.43. The van der Waals surface area contributed by atoms with Gasteiger partial charge in [0.25, 0.3) is 5.91 Å². The molecule has 1 saturated carbocycles. The average Bonchev–Trinajstić information content (AvgIpc) is 3.11. The minimum atomic E-state index is -0.166. The molecule has 1 aromatic carbocycles. The first-order chi connectivity index (χ1) is 9.52. The number of carbonyl (C=O) groups excluding carboxylic acids is 1. The molecule has 0 aliphatic heterocycles. The molecule has 0 radical (unpaired) electrons. The van der Waals surface area contributed by atoms with Gasteiger partial charge in [-0.25, -0.2) is 0 Å². The van der Waals surface area contributed by atoms with Crippen LogP contribution in [0, 0.1) is 0 Å². The van der Waals surface area contributed by atoms with Crippen LogP contribution in [-0.4, -0.2) is 10.5 Å². The van der Waals surface area contributed by atoms with Gasteiger partial charge in [0, 0.05) is 32.4 Å². The van der Waals surface area contributed by atoms with Crippen molar-refractivity contribution in [1.29, 1.82) is 0 Å². The lowest BCUT2D eigenvalue weighted by Gasteiger charge is -2.09. The van der Waals surface area contributed by atoms with Crippen LogP contribution in [-0.2, 0) is 0 Å². The highest BCUT2D eigenvalue weighted by atomic mass is 79.9. The number of benzene rings is 1. The van der Waals surface area contributed by atoms with Crippen molar-refractivity contribution in [3.8, 4) is 0 Å². The normalized spacial score (nSPS) is 14.3. The quantitative estimate of drug-likeness (QED) is 0.793. The van der Waals surface area contributed by atoms with Crippen molar-refractivity contribution in [1.82, 2.24) is 4.57 Å². The fraction of sp³-hybridized carbons (Fsp3) is 0.214. The largest absolute Gasteiger partial charge is 0.339 e. The minimum Gasteiger partial charge on any atom is -0.339 e. The van der Waals surface area contributed by atoms with Gasteiger partial charge in [-0.15, -0.1) is 0 Å². The molecule has 0 bridgehead atoms. The third-order valence-electron chi connectivity index (χ3n) is 3.11. The Morgan fingerprint density at radius 3 is 2.45 bits per heavy atom. The van der Waals surface area contributed by atoms with Crippen LogP contribution >= 0.6 is 39.1 Å². The third-order valence-corrected chi connectivity index (χ3v) is 3.98. The minimum absolute atomic E-state index is 0.166. The van der Waals surface area contributed by atoms with Gasteiger partial charge in [0.1, 0.15) is 5.69 Å². The fourth-order valence-corrected chi connectivity index (χ4v) is 3.07. The van der Waals surface area contributed by atoms with Crippen LogP contribution in [0.4, 0.5) is 5.69 Å². The molecule has 1 aliphatic carbocycles. The summed E-state index contributed by atoms with van der Waals surface area (Å²) in [6.07, 6.45) is 4.17. The van der Waals surface area contributed by atoms with Crippen molar-refractivity contribution >= 4 is 50.7 Å². The van der Waals surface area contributed by atoms with Crippen LogP contribution in [0.5, 0.6) is 0 Å². The van der Waals surface area contributed by atoms with Crippen LogP contribution in [0.2, 0.25) is 10.0 Å². The summed E-state index contributed by atoms with van der Waals surface area (Å²) >= 11 is 15.3. The van der Waals surface area contributed by atoms with E-state index in [0.717, 1.165) is 17.3 Å². The molecule has 6 heteroatoms. The lowest BCUT2D eigenvalue weighted by atomic mass is 10.3. The van der Waals surface area contributed by atoms with E-state index in [2.05, 4.69) is 21.2 Å². The van der Waals surface area contributed by atoms with Crippen molar-refractivity contribution in [2.24, 2.45) is 0 Å². The third kappa shape index (κ3) is 3.03. The van der Waals surface area contributed by atoms with Crippen molar-refractivity contribution < 1.29 is 4.79 Å². The first-order valence-corrected chi connectivity index (χ1v) is 7.72. The maximum Gasteiger partial charge on any atom is 0.272 e. The molecule has 0 saturated heterocycles. The number of hydrogen-bond donors (Lipinski definition) is 1. The van der Waals surface area contributed by atoms with E-state index in [1.54, 1.807) is 18.2 Å². The smallest absolute Gasteiger partial charge is 0.272 e. The second-order valence-corrected chi connectivity index (χ2v) is 6.58. The van der Waals surface area contributed by atoms with E-state index in [1.807, 2.05) is 16.8 Å². The number of carbonyl (C=O) groups is 1. The molecule has 1 heterocycles. The number of aromatic nitrogens is 1. The summed E-state index contributed by atoms with van der Waals surface area (Å²) in [6, 6.07) is 7.22. The molecule has 20 heavy (non-hydrogen) atoms. The topological polar surface area (TPSA) is 34.0 Å². The summed E-state index contributed by atoms with van der Waals surface area (Å²) in [5.74, 6) is -0.166. The molecule has 1 fully saturated rings. The van der Waals surface area contributed by atoms with Gasteiger partial charge in [0.05, 0.1) is 0 Å². The Labute approximate surface area is 135 Å². The molecule has 3 rings (SSSR count). The molecule has 1 aromatic heterocycles. The lowest BCUT2D eigenvalue weighted by molar-refractivity contribution is 0.101. The zero-order chi connectivity index (χ0) is 14.3. The van der Waals surface area contributed by atoms with Gasteiger partial charge in [0.15, 0.2) is 0 Å². The van der Waals surface area contributed by atoms with E-state index in [4.69, 9.17) is 23.2 Å². The molecular weight excluding hydrogens is 363 g/mol. The maximum atomic E-state index is 12.4. The molecule has 3 nitrogen and oxygen atoms in total. The number of amides is 1. The van der Waals surface area contributed by atoms with E-state index in [9.17, 15) is 4.79 Å². The monoisotopic (exact) mass is 372 g/mol. The summed E-state index contributed by atoms with van der Waals surface area (Å²) in [4.78, 5) is 12.4. The molecule has 104 valence electrons. The summed E-state index contributed by atoms with van der Waals surface area (Å²) in [5.41, 5.74) is 1.22. The van der Waals surface area contributed by atoms with Crippen LogP contribution in [0.1, 0.15) is 29.4 Å². The Hall–Kier alpha value is -0.970. The van der Waals surface area contributed by atoms with Gasteiger partial charge in [0.2, 0.25) is 0 Å². The van der Waals surface area contributed by atoms with E-state index in [1.165, 1.54) is 0 Å². The number of rotatable bonds is 3. The van der Waals surface area contributed by atoms with Gasteiger partial charge < -0.3 is 9.88 Å². The standard InChI is InChI=1S/C14H11BrCl2N2O/c15-8-3-13(19(7-8)12-1-2-12)14(20)18-11-5-9(16)4-10(17)6-11/h3-7,12H,1-2H2,(H,18,20). The number of halogens is 3. The molecule has 0 spiro atoms. The number of nitrogens with one attached hydrogen (secondary N) is 1. The Morgan fingerprint density at radius 1 is 1.20 bits per heavy atom. The van der Waals surface area contributed by atoms with Crippen LogP contribution in [0.25, 0.3) is 0 Å². The summed E-state index contributed by atoms with van der Waals surface area (Å²) < 4.78 is 2.91. The molecule has 1 aliphatic rings. The Kier molecular flexibility index (Phi) is 3.80. The van der Waals surface area contributed by atoms with Crippen LogP contribution < -0.4 is 5.32 Å². The van der Waals surface area contributed by atoms with Gasteiger partial charge in [-0.2, -0.15) is 0 Å². The highest BCUT2D eigenvalue weighted by molar-refractivity contribution is 9.10.